The minimum Gasteiger partial charge on any atom is -0.363 e. The van der Waals surface area contributed by atoms with Gasteiger partial charge in [0.25, 0.3) is 0 Å². The highest BCUT2D eigenvalue weighted by Gasteiger charge is 2.34. The van der Waals surface area contributed by atoms with Crippen LogP contribution >= 0.6 is 0 Å². The topological polar surface area (TPSA) is 71.2 Å². The minimum atomic E-state index is -0.308. The maximum atomic E-state index is 12.3. The van der Waals surface area contributed by atoms with Crippen molar-refractivity contribution in [3.63, 3.8) is 0 Å². The number of nitrogens with zero attached hydrogens (tertiary/aromatic N) is 2. The molecule has 0 spiro atoms. The standard InChI is InChI=1S/C17H22N4O/c1-21(2)15-10-14(12-6-3-4-7-13(12)19-15)20-16(22)11-17(18)8-5-9-17/h3-4,6-7,10H,5,8-9,11,18H2,1-2H3,(H,19,20,22). The van der Waals surface area contributed by atoms with Crippen LogP contribution in [0.3, 0.4) is 0 Å². The van der Waals surface area contributed by atoms with Gasteiger partial charge in [-0.25, -0.2) is 4.98 Å². The van der Waals surface area contributed by atoms with Crippen molar-refractivity contribution < 1.29 is 4.79 Å². The van der Waals surface area contributed by atoms with Crippen LogP contribution in [0.15, 0.2) is 30.3 Å². The van der Waals surface area contributed by atoms with Gasteiger partial charge in [-0.15, -0.1) is 0 Å². The summed E-state index contributed by atoms with van der Waals surface area (Å²) in [5.41, 5.74) is 7.52. The van der Waals surface area contributed by atoms with Crippen molar-refractivity contribution in [3.8, 4) is 0 Å². The average molecular weight is 298 g/mol. The molecule has 3 N–H and O–H groups in total. The number of carbonyl (C=O) groups excluding carboxylic acids is 1. The second-order valence-corrected chi connectivity index (χ2v) is 6.38. The van der Waals surface area contributed by atoms with E-state index in [0.717, 1.165) is 41.7 Å². The summed E-state index contributed by atoms with van der Waals surface area (Å²) in [6, 6.07) is 9.73. The summed E-state index contributed by atoms with van der Waals surface area (Å²) in [6.07, 6.45) is 3.36. The SMILES string of the molecule is CN(C)c1cc(NC(=O)CC2(N)CCC2)c2ccccc2n1. The molecule has 1 heterocycles. The Bertz CT molecular complexity index is 707. The normalized spacial score (nSPS) is 16.1. The number of hydrogen-bond acceptors (Lipinski definition) is 4. The molecule has 3 rings (SSSR count). The highest BCUT2D eigenvalue weighted by Crippen LogP contribution is 2.33. The van der Waals surface area contributed by atoms with E-state index in [2.05, 4.69) is 10.3 Å². The highest BCUT2D eigenvalue weighted by atomic mass is 16.1. The lowest BCUT2D eigenvalue weighted by molar-refractivity contribution is -0.118. The molecule has 0 atom stereocenters. The molecule has 116 valence electrons. The summed E-state index contributed by atoms with van der Waals surface area (Å²) >= 11 is 0. The minimum absolute atomic E-state index is 0.0248. The molecule has 0 aliphatic heterocycles. The van der Waals surface area contributed by atoms with Crippen LogP contribution in [0, 0.1) is 0 Å². The van der Waals surface area contributed by atoms with Crippen LogP contribution in [0.5, 0.6) is 0 Å². The molecule has 1 aromatic heterocycles. The zero-order chi connectivity index (χ0) is 15.7. The predicted molar refractivity (Wildman–Crippen MR) is 90.1 cm³/mol. The number of amides is 1. The molecule has 1 aliphatic rings. The molecule has 2 aromatic rings. The maximum absolute atomic E-state index is 12.3. The average Bonchev–Trinajstić information content (AvgIpc) is 2.45. The molecule has 1 amide bonds. The van der Waals surface area contributed by atoms with Gasteiger partial charge in [0.2, 0.25) is 5.91 Å². The Kier molecular flexibility index (Phi) is 3.74. The number of fused-ring (bicyclic) bond motifs is 1. The van der Waals surface area contributed by atoms with Gasteiger partial charge in [-0.2, -0.15) is 0 Å². The van der Waals surface area contributed by atoms with Crippen molar-refractivity contribution in [1.29, 1.82) is 0 Å². The van der Waals surface area contributed by atoms with Crippen LogP contribution in [0.25, 0.3) is 10.9 Å². The summed E-state index contributed by atoms with van der Waals surface area (Å²) in [5, 5.41) is 3.96. The Morgan fingerprint density at radius 1 is 1.36 bits per heavy atom. The Morgan fingerprint density at radius 3 is 2.73 bits per heavy atom. The number of para-hydroxylation sites is 1. The Morgan fingerprint density at radius 2 is 2.09 bits per heavy atom. The van der Waals surface area contributed by atoms with E-state index in [9.17, 15) is 4.79 Å². The first-order valence-electron chi connectivity index (χ1n) is 7.63. The predicted octanol–water partition coefficient (Wildman–Crippen LogP) is 2.51. The van der Waals surface area contributed by atoms with Gasteiger partial charge in [0.15, 0.2) is 0 Å². The summed E-state index contributed by atoms with van der Waals surface area (Å²) in [7, 11) is 3.87. The molecule has 5 nitrogen and oxygen atoms in total. The number of aromatic nitrogens is 1. The van der Waals surface area contributed by atoms with E-state index in [0.29, 0.717) is 6.42 Å². The molecule has 0 unspecified atom stereocenters. The van der Waals surface area contributed by atoms with Gasteiger partial charge in [-0.1, -0.05) is 18.2 Å². The number of rotatable bonds is 4. The third-order valence-corrected chi connectivity index (χ3v) is 4.30. The quantitative estimate of drug-likeness (QED) is 0.910. The fourth-order valence-corrected chi connectivity index (χ4v) is 2.82. The van der Waals surface area contributed by atoms with E-state index in [-0.39, 0.29) is 11.4 Å². The second kappa shape index (κ2) is 5.57. The Hall–Kier alpha value is -2.14. The van der Waals surface area contributed by atoms with Gasteiger partial charge in [0, 0.05) is 37.5 Å². The molecular formula is C17H22N4O. The monoisotopic (exact) mass is 298 g/mol. The van der Waals surface area contributed by atoms with Crippen molar-refractivity contribution in [2.24, 2.45) is 5.73 Å². The van der Waals surface area contributed by atoms with Crippen LogP contribution < -0.4 is 16.0 Å². The van der Waals surface area contributed by atoms with Gasteiger partial charge >= 0.3 is 0 Å². The number of pyridine rings is 1. The summed E-state index contributed by atoms with van der Waals surface area (Å²) in [6.45, 7) is 0. The van der Waals surface area contributed by atoms with Gasteiger partial charge in [0.05, 0.1) is 11.2 Å². The van der Waals surface area contributed by atoms with Crippen LogP contribution in [0.1, 0.15) is 25.7 Å². The first-order valence-corrected chi connectivity index (χ1v) is 7.63. The van der Waals surface area contributed by atoms with Gasteiger partial charge < -0.3 is 16.0 Å². The molecule has 1 aliphatic carbocycles. The fraction of sp³-hybridized carbons (Fsp3) is 0.412. The van der Waals surface area contributed by atoms with Crippen molar-refractivity contribution in [2.75, 3.05) is 24.3 Å². The third-order valence-electron chi connectivity index (χ3n) is 4.30. The van der Waals surface area contributed by atoms with E-state index in [1.165, 1.54) is 0 Å². The first kappa shape index (κ1) is 14.8. The fourth-order valence-electron chi connectivity index (χ4n) is 2.82. The van der Waals surface area contributed by atoms with E-state index in [1.54, 1.807) is 0 Å². The smallest absolute Gasteiger partial charge is 0.226 e. The molecule has 0 radical (unpaired) electrons. The van der Waals surface area contributed by atoms with Crippen LogP contribution in [0.2, 0.25) is 0 Å². The Labute approximate surface area is 130 Å². The maximum Gasteiger partial charge on any atom is 0.226 e. The van der Waals surface area contributed by atoms with E-state index >= 15 is 0 Å². The highest BCUT2D eigenvalue weighted by molar-refractivity contribution is 6.02. The molecule has 1 aromatic carbocycles. The van der Waals surface area contributed by atoms with Gasteiger partial charge in [-0.3, -0.25) is 4.79 Å². The second-order valence-electron chi connectivity index (χ2n) is 6.38. The molecular weight excluding hydrogens is 276 g/mol. The van der Waals surface area contributed by atoms with E-state index < -0.39 is 0 Å². The zero-order valence-electron chi connectivity index (χ0n) is 13.1. The molecule has 5 heteroatoms. The summed E-state index contributed by atoms with van der Waals surface area (Å²) < 4.78 is 0. The molecule has 1 saturated carbocycles. The zero-order valence-corrected chi connectivity index (χ0v) is 13.1. The summed E-state index contributed by atoms with van der Waals surface area (Å²) in [5.74, 6) is 0.795. The van der Waals surface area contributed by atoms with Crippen LogP contribution in [0.4, 0.5) is 11.5 Å². The van der Waals surface area contributed by atoms with Crippen LogP contribution in [-0.4, -0.2) is 30.5 Å². The molecule has 0 saturated heterocycles. The third kappa shape index (κ3) is 2.90. The molecule has 1 fully saturated rings. The lowest BCUT2D eigenvalue weighted by atomic mass is 9.75. The van der Waals surface area contributed by atoms with E-state index in [1.807, 2.05) is 49.3 Å². The largest absolute Gasteiger partial charge is 0.363 e. The lowest BCUT2D eigenvalue weighted by Gasteiger charge is -2.37. The van der Waals surface area contributed by atoms with Crippen LogP contribution in [-0.2, 0) is 4.79 Å². The van der Waals surface area contributed by atoms with Gasteiger partial charge in [0.1, 0.15) is 5.82 Å². The van der Waals surface area contributed by atoms with E-state index in [4.69, 9.17) is 5.73 Å². The number of benzene rings is 1. The number of anilines is 2. The van der Waals surface area contributed by atoms with Crippen molar-refractivity contribution in [3.05, 3.63) is 30.3 Å². The van der Waals surface area contributed by atoms with Crippen molar-refractivity contribution >= 4 is 28.3 Å². The van der Waals surface area contributed by atoms with Crippen molar-refractivity contribution in [2.45, 2.75) is 31.2 Å². The number of carbonyl (C=O) groups is 1. The number of nitrogens with one attached hydrogen (secondary N) is 1. The first-order chi connectivity index (χ1) is 10.5. The summed E-state index contributed by atoms with van der Waals surface area (Å²) in [4.78, 5) is 18.8. The van der Waals surface area contributed by atoms with Crippen molar-refractivity contribution in [1.82, 2.24) is 4.98 Å². The number of nitrogens with two attached hydrogens (primary N) is 1. The van der Waals surface area contributed by atoms with Gasteiger partial charge in [-0.05, 0) is 25.3 Å². The molecule has 0 bridgehead atoms. The lowest BCUT2D eigenvalue weighted by Crippen LogP contribution is -2.48. The Balaban J connectivity index is 1.89. The number of hydrogen-bond donors (Lipinski definition) is 2. The molecule has 22 heavy (non-hydrogen) atoms.